The molecule has 0 aliphatic heterocycles. The summed E-state index contributed by atoms with van der Waals surface area (Å²) in [5.41, 5.74) is 3.23. The zero-order chi connectivity index (χ0) is 17.5. The van der Waals surface area contributed by atoms with E-state index in [1.165, 1.54) is 5.56 Å². The van der Waals surface area contributed by atoms with E-state index in [9.17, 15) is 0 Å². The van der Waals surface area contributed by atoms with Crippen LogP contribution in [0.2, 0.25) is 5.02 Å². The monoisotopic (exact) mass is 367 g/mol. The largest absolute Gasteiger partial charge is 0.340 e. The molecule has 0 spiro atoms. The highest BCUT2D eigenvalue weighted by molar-refractivity contribution is 7.80. The number of hydrogen-bond acceptors (Lipinski definition) is 2. The normalized spacial score (nSPS) is 10.3. The van der Waals surface area contributed by atoms with E-state index in [1.54, 1.807) is 6.20 Å². The van der Waals surface area contributed by atoms with Crippen molar-refractivity contribution in [3.8, 4) is 0 Å². The molecule has 0 aliphatic rings. The number of anilines is 1. The van der Waals surface area contributed by atoms with E-state index >= 15 is 0 Å². The van der Waals surface area contributed by atoms with Gasteiger partial charge in [-0.25, -0.2) is 0 Å². The topological polar surface area (TPSA) is 28.2 Å². The van der Waals surface area contributed by atoms with Gasteiger partial charge in [0.05, 0.1) is 0 Å². The van der Waals surface area contributed by atoms with Gasteiger partial charge >= 0.3 is 0 Å². The van der Waals surface area contributed by atoms with Crippen LogP contribution in [0.3, 0.4) is 0 Å². The maximum atomic E-state index is 5.95. The van der Waals surface area contributed by atoms with E-state index in [-0.39, 0.29) is 0 Å². The predicted molar refractivity (Wildman–Crippen MR) is 108 cm³/mol. The van der Waals surface area contributed by atoms with Gasteiger partial charge in [-0.2, -0.15) is 0 Å². The molecular formula is C20H18ClN3S. The van der Waals surface area contributed by atoms with E-state index in [4.69, 9.17) is 23.8 Å². The fourth-order valence-electron chi connectivity index (χ4n) is 2.45. The van der Waals surface area contributed by atoms with E-state index in [1.807, 2.05) is 54.7 Å². The van der Waals surface area contributed by atoms with Crippen molar-refractivity contribution in [3.05, 3.63) is 95.3 Å². The maximum Gasteiger partial charge on any atom is 0.174 e. The van der Waals surface area contributed by atoms with E-state index in [0.29, 0.717) is 16.7 Å². The standard InChI is InChI=1S/C20H18ClN3S/c21-18-8-10-19(11-9-18)23-20(25)24(14-16-5-2-1-3-6-16)15-17-7-4-12-22-13-17/h1-13H,14-15H2,(H,23,25). The van der Waals surface area contributed by atoms with Crippen LogP contribution in [0.25, 0.3) is 0 Å². The summed E-state index contributed by atoms with van der Waals surface area (Å²) in [6.07, 6.45) is 3.64. The fraction of sp³-hybridized carbons (Fsp3) is 0.100. The Balaban J connectivity index is 1.76. The minimum atomic E-state index is 0.662. The fourth-order valence-corrected chi connectivity index (χ4v) is 2.82. The minimum Gasteiger partial charge on any atom is -0.340 e. The summed E-state index contributed by atoms with van der Waals surface area (Å²) < 4.78 is 0. The smallest absolute Gasteiger partial charge is 0.174 e. The molecule has 0 aliphatic carbocycles. The van der Waals surface area contributed by atoms with Crippen LogP contribution in [0.1, 0.15) is 11.1 Å². The molecular weight excluding hydrogens is 350 g/mol. The van der Waals surface area contributed by atoms with Crippen molar-refractivity contribution in [2.75, 3.05) is 5.32 Å². The predicted octanol–water partition coefficient (Wildman–Crippen LogP) is 5.13. The van der Waals surface area contributed by atoms with Gasteiger partial charge in [0.2, 0.25) is 0 Å². The zero-order valence-electron chi connectivity index (χ0n) is 13.6. The highest BCUT2D eigenvalue weighted by Crippen LogP contribution is 2.16. The minimum absolute atomic E-state index is 0.662. The third kappa shape index (κ3) is 5.28. The molecule has 3 rings (SSSR count). The van der Waals surface area contributed by atoms with Gasteiger partial charge in [-0.05, 0) is 53.7 Å². The van der Waals surface area contributed by atoms with Gasteiger partial charge in [0.25, 0.3) is 0 Å². The Labute approximate surface area is 158 Å². The second-order valence-corrected chi connectivity index (χ2v) is 6.46. The molecule has 1 aromatic heterocycles. The summed E-state index contributed by atoms with van der Waals surface area (Å²) in [5.74, 6) is 0. The third-order valence-corrected chi connectivity index (χ3v) is 4.31. The number of rotatable bonds is 5. The highest BCUT2D eigenvalue weighted by atomic mass is 35.5. The van der Waals surface area contributed by atoms with Gasteiger partial charge in [-0.15, -0.1) is 0 Å². The van der Waals surface area contributed by atoms with Crippen molar-refractivity contribution in [2.24, 2.45) is 0 Å². The molecule has 1 N–H and O–H groups in total. The molecule has 0 fully saturated rings. The molecule has 25 heavy (non-hydrogen) atoms. The van der Waals surface area contributed by atoms with Crippen LogP contribution in [0.4, 0.5) is 5.69 Å². The Morgan fingerprint density at radius 2 is 1.60 bits per heavy atom. The summed E-state index contributed by atoms with van der Waals surface area (Å²) in [6, 6.07) is 21.8. The van der Waals surface area contributed by atoms with Gasteiger partial charge in [-0.3, -0.25) is 4.98 Å². The number of hydrogen-bond donors (Lipinski definition) is 1. The Hall–Kier alpha value is -2.43. The molecule has 126 valence electrons. The van der Waals surface area contributed by atoms with Gasteiger partial charge < -0.3 is 10.2 Å². The lowest BCUT2D eigenvalue weighted by atomic mass is 10.2. The van der Waals surface area contributed by atoms with Crippen molar-refractivity contribution in [2.45, 2.75) is 13.1 Å². The number of benzene rings is 2. The van der Waals surface area contributed by atoms with Crippen LogP contribution in [0.15, 0.2) is 79.1 Å². The third-order valence-electron chi connectivity index (χ3n) is 3.70. The lowest BCUT2D eigenvalue weighted by molar-refractivity contribution is 0.412. The summed E-state index contributed by atoms with van der Waals surface area (Å²) >= 11 is 11.6. The molecule has 0 atom stereocenters. The van der Waals surface area contributed by atoms with E-state index in [2.05, 4.69) is 33.4 Å². The molecule has 3 nitrogen and oxygen atoms in total. The zero-order valence-corrected chi connectivity index (χ0v) is 15.2. The average Bonchev–Trinajstić information content (AvgIpc) is 2.65. The number of pyridine rings is 1. The Morgan fingerprint density at radius 1 is 0.920 bits per heavy atom. The van der Waals surface area contributed by atoms with Crippen LogP contribution in [-0.2, 0) is 13.1 Å². The molecule has 0 amide bonds. The quantitative estimate of drug-likeness (QED) is 0.632. The molecule has 0 bridgehead atoms. The first-order valence-corrected chi connectivity index (χ1v) is 8.73. The molecule has 0 saturated heterocycles. The summed E-state index contributed by atoms with van der Waals surface area (Å²) in [4.78, 5) is 6.31. The van der Waals surface area contributed by atoms with E-state index in [0.717, 1.165) is 17.8 Å². The van der Waals surface area contributed by atoms with Crippen molar-refractivity contribution in [3.63, 3.8) is 0 Å². The second kappa shape index (κ2) is 8.60. The number of nitrogens with zero attached hydrogens (tertiary/aromatic N) is 2. The molecule has 2 aromatic carbocycles. The second-order valence-electron chi connectivity index (χ2n) is 5.64. The van der Waals surface area contributed by atoms with Crippen molar-refractivity contribution >= 4 is 34.6 Å². The molecule has 0 saturated carbocycles. The molecule has 5 heteroatoms. The average molecular weight is 368 g/mol. The molecule has 1 heterocycles. The first kappa shape index (κ1) is 17.4. The first-order valence-electron chi connectivity index (χ1n) is 7.95. The number of nitrogens with one attached hydrogen (secondary N) is 1. The summed E-state index contributed by atoms with van der Waals surface area (Å²) in [5, 5.41) is 4.65. The number of halogens is 1. The van der Waals surface area contributed by atoms with Crippen molar-refractivity contribution in [1.82, 2.24) is 9.88 Å². The van der Waals surface area contributed by atoms with Gasteiger partial charge in [0.15, 0.2) is 5.11 Å². The first-order chi connectivity index (χ1) is 12.2. The Morgan fingerprint density at radius 3 is 2.28 bits per heavy atom. The Kier molecular flexibility index (Phi) is 5.99. The van der Waals surface area contributed by atoms with E-state index < -0.39 is 0 Å². The van der Waals surface area contributed by atoms with Gasteiger partial charge in [-0.1, -0.05) is 48.0 Å². The summed E-state index contributed by atoms with van der Waals surface area (Å²) in [6.45, 7) is 1.40. The molecule has 3 aromatic rings. The van der Waals surface area contributed by atoms with Gasteiger partial charge in [0, 0.05) is 36.2 Å². The number of aromatic nitrogens is 1. The van der Waals surface area contributed by atoms with Crippen LogP contribution in [-0.4, -0.2) is 15.0 Å². The number of thiocarbonyl (C=S) groups is 1. The van der Waals surface area contributed by atoms with Crippen LogP contribution in [0, 0.1) is 0 Å². The SMILES string of the molecule is S=C(Nc1ccc(Cl)cc1)N(Cc1ccccc1)Cc1cccnc1. The summed E-state index contributed by atoms with van der Waals surface area (Å²) in [7, 11) is 0. The van der Waals surface area contributed by atoms with Crippen LogP contribution < -0.4 is 5.32 Å². The molecule has 0 radical (unpaired) electrons. The van der Waals surface area contributed by atoms with Gasteiger partial charge in [0.1, 0.15) is 0 Å². The molecule has 0 unspecified atom stereocenters. The van der Waals surface area contributed by atoms with Crippen LogP contribution in [0.5, 0.6) is 0 Å². The van der Waals surface area contributed by atoms with Crippen molar-refractivity contribution < 1.29 is 0 Å². The maximum absolute atomic E-state index is 5.95. The van der Waals surface area contributed by atoms with Crippen LogP contribution >= 0.6 is 23.8 Å². The lowest BCUT2D eigenvalue weighted by Gasteiger charge is -2.26. The highest BCUT2D eigenvalue weighted by Gasteiger charge is 2.12. The Bertz CT molecular complexity index is 766. The lowest BCUT2D eigenvalue weighted by Crippen LogP contribution is -2.33. The van der Waals surface area contributed by atoms with Crippen molar-refractivity contribution in [1.29, 1.82) is 0 Å².